The van der Waals surface area contributed by atoms with E-state index in [0.29, 0.717) is 17.5 Å². The van der Waals surface area contributed by atoms with Crippen LogP contribution in [0.3, 0.4) is 0 Å². The summed E-state index contributed by atoms with van der Waals surface area (Å²) in [5.74, 6) is -0.0530. The number of aromatic carboxylic acids is 2. The van der Waals surface area contributed by atoms with Gasteiger partial charge in [0.15, 0.2) is 0 Å². The van der Waals surface area contributed by atoms with Gasteiger partial charge in [0.25, 0.3) is 0 Å². The molecule has 0 heterocycles. The maximum atomic E-state index is 10.2. The van der Waals surface area contributed by atoms with Gasteiger partial charge in [0.05, 0.1) is 23.3 Å². The molecule has 4 N–H and O–H groups in total. The summed E-state index contributed by atoms with van der Waals surface area (Å²) in [5, 5.41) is 34.6. The SMILES string of the molecule is C=CC(CCCC)CC(CC)CCCC.CCCC(O)CC(C)O.O=C(O)c1ccccc1.O=C(O)c1ccccc1. The molecule has 4 unspecified atom stereocenters. The first kappa shape index (κ1) is 41.2. The minimum Gasteiger partial charge on any atom is -0.478 e. The number of benzene rings is 2. The molecule has 6 nitrogen and oxygen atoms in total. The maximum Gasteiger partial charge on any atom is 0.335 e. The van der Waals surface area contributed by atoms with Gasteiger partial charge in [0.1, 0.15) is 0 Å². The van der Waals surface area contributed by atoms with Crippen LogP contribution in [0, 0.1) is 11.8 Å². The molecular weight excluding hydrogens is 528 g/mol. The van der Waals surface area contributed by atoms with Crippen molar-refractivity contribution >= 4 is 11.9 Å². The normalized spacial score (nSPS) is 12.8. The van der Waals surface area contributed by atoms with Crippen molar-refractivity contribution < 1.29 is 30.0 Å². The number of carboxylic acid groups (broad SMARTS) is 2. The van der Waals surface area contributed by atoms with E-state index >= 15 is 0 Å². The summed E-state index contributed by atoms with van der Waals surface area (Å²) in [6.07, 6.45) is 14.7. The second-order valence-corrected chi connectivity index (χ2v) is 10.7. The third-order valence-corrected chi connectivity index (χ3v) is 6.72. The summed E-state index contributed by atoms with van der Waals surface area (Å²) in [5.41, 5.74) is 0.662. The zero-order valence-electron chi connectivity index (χ0n) is 26.8. The van der Waals surface area contributed by atoms with Crippen LogP contribution in [0.4, 0.5) is 0 Å². The minimum absolute atomic E-state index is 0.310. The molecule has 2 aromatic carbocycles. The van der Waals surface area contributed by atoms with E-state index in [0.717, 1.165) is 24.7 Å². The summed E-state index contributed by atoms with van der Waals surface area (Å²) in [4.78, 5) is 20.4. The Morgan fingerprint density at radius 1 is 0.714 bits per heavy atom. The number of rotatable bonds is 16. The number of aliphatic hydroxyl groups excluding tert-OH is 2. The van der Waals surface area contributed by atoms with Crippen LogP contribution in [0.5, 0.6) is 0 Å². The minimum atomic E-state index is -0.879. The van der Waals surface area contributed by atoms with Crippen LogP contribution < -0.4 is 0 Å². The van der Waals surface area contributed by atoms with Crippen molar-refractivity contribution in [3.63, 3.8) is 0 Å². The molecule has 0 spiro atoms. The second-order valence-electron chi connectivity index (χ2n) is 10.7. The van der Waals surface area contributed by atoms with E-state index in [4.69, 9.17) is 20.4 Å². The van der Waals surface area contributed by atoms with E-state index in [1.165, 1.54) is 51.4 Å². The van der Waals surface area contributed by atoms with Gasteiger partial charge in [-0.2, -0.15) is 0 Å². The molecule has 0 amide bonds. The lowest BCUT2D eigenvalue weighted by Crippen LogP contribution is -2.13. The molecule has 42 heavy (non-hydrogen) atoms. The number of unbranched alkanes of at least 4 members (excludes halogenated alkanes) is 2. The summed E-state index contributed by atoms with van der Waals surface area (Å²) < 4.78 is 0. The lowest BCUT2D eigenvalue weighted by atomic mass is 9.86. The summed E-state index contributed by atoms with van der Waals surface area (Å²) in [6.45, 7) is 14.6. The molecule has 6 heteroatoms. The quantitative estimate of drug-likeness (QED) is 0.146. The fourth-order valence-electron chi connectivity index (χ4n) is 4.21. The highest BCUT2D eigenvalue weighted by molar-refractivity contribution is 5.87. The molecule has 0 saturated heterocycles. The van der Waals surface area contributed by atoms with Crippen LogP contribution in [0.25, 0.3) is 0 Å². The predicted molar refractivity (Wildman–Crippen MR) is 175 cm³/mol. The maximum absolute atomic E-state index is 10.2. The Morgan fingerprint density at radius 3 is 1.48 bits per heavy atom. The third-order valence-electron chi connectivity index (χ3n) is 6.72. The predicted octanol–water partition coefficient (Wildman–Crippen LogP) is 9.27. The standard InChI is InChI=1S/C15H30.2C7H6O2.C7H16O2/c1-5-9-11-14(7-3)13-15(8-4)12-10-6-2;2*8-7(9)6-4-2-1-3-5-6;1-3-4-7(9)5-6(2)8/h7,14-15H,3,5-6,8-13H2,1-2,4H3;2*1-5H,(H,8,9);6-9H,3-5H2,1-2H3. The van der Waals surface area contributed by atoms with Gasteiger partial charge < -0.3 is 20.4 Å². The van der Waals surface area contributed by atoms with E-state index in [1.54, 1.807) is 67.6 Å². The molecule has 0 aliphatic carbocycles. The fraction of sp³-hybridized carbons (Fsp3) is 0.556. The second kappa shape index (κ2) is 28.2. The first-order valence-electron chi connectivity index (χ1n) is 15.6. The monoisotopic (exact) mass is 586 g/mol. The van der Waals surface area contributed by atoms with Crippen LogP contribution in [-0.2, 0) is 0 Å². The molecule has 2 rings (SSSR count). The van der Waals surface area contributed by atoms with Crippen molar-refractivity contribution in [2.75, 3.05) is 0 Å². The molecule has 0 aliphatic heterocycles. The summed E-state index contributed by atoms with van der Waals surface area (Å²) in [7, 11) is 0. The smallest absolute Gasteiger partial charge is 0.335 e. The van der Waals surface area contributed by atoms with Crippen LogP contribution in [0.1, 0.15) is 126 Å². The molecule has 2 aromatic rings. The third kappa shape index (κ3) is 24.8. The zero-order valence-corrected chi connectivity index (χ0v) is 26.8. The van der Waals surface area contributed by atoms with Crippen LogP contribution in [0.15, 0.2) is 73.3 Å². The van der Waals surface area contributed by atoms with Gasteiger partial charge in [0.2, 0.25) is 0 Å². The lowest BCUT2D eigenvalue weighted by Gasteiger charge is -2.20. The summed E-state index contributed by atoms with van der Waals surface area (Å²) in [6, 6.07) is 16.6. The molecular formula is C36H58O6. The van der Waals surface area contributed by atoms with E-state index < -0.39 is 11.9 Å². The highest BCUT2D eigenvalue weighted by atomic mass is 16.4. The van der Waals surface area contributed by atoms with Gasteiger partial charge in [-0.3, -0.25) is 0 Å². The van der Waals surface area contributed by atoms with Gasteiger partial charge in [-0.1, -0.05) is 115 Å². The molecule has 238 valence electrons. The molecule has 0 aliphatic rings. The molecule has 0 aromatic heterocycles. The largest absolute Gasteiger partial charge is 0.478 e. The Morgan fingerprint density at radius 2 is 1.17 bits per heavy atom. The van der Waals surface area contributed by atoms with Gasteiger partial charge >= 0.3 is 11.9 Å². The molecule has 0 bridgehead atoms. The van der Waals surface area contributed by atoms with Crippen LogP contribution in [0.2, 0.25) is 0 Å². The number of allylic oxidation sites excluding steroid dienone is 1. The Balaban J connectivity index is 0. The average Bonchev–Trinajstić information content (AvgIpc) is 2.98. The van der Waals surface area contributed by atoms with Crippen molar-refractivity contribution in [2.24, 2.45) is 11.8 Å². The van der Waals surface area contributed by atoms with Crippen molar-refractivity contribution in [1.82, 2.24) is 0 Å². The average molecular weight is 587 g/mol. The van der Waals surface area contributed by atoms with E-state index in [-0.39, 0.29) is 12.2 Å². The van der Waals surface area contributed by atoms with Crippen molar-refractivity contribution in [2.45, 2.75) is 117 Å². The number of hydrogen-bond donors (Lipinski definition) is 4. The van der Waals surface area contributed by atoms with Gasteiger partial charge in [-0.15, -0.1) is 6.58 Å². The molecule has 0 fully saturated rings. The lowest BCUT2D eigenvalue weighted by molar-refractivity contribution is 0.0686. The Labute approximate surface area is 255 Å². The van der Waals surface area contributed by atoms with E-state index in [2.05, 4.69) is 33.4 Å². The highest BCUT2D eigenvalue weighted by Gasteiger charge is 2.12. The number of carbonyl (C=O) groups is 2. The molecule has 0 radical (unpaired) electrons. The van der Waals surface area contributed by atoms with Gasteiger partial charge in [-0.05, 0) is 68.7 Å². The van der Waals surface area contributed by atoms with Gasteiger partial charge in [0, 0.05) is 0 Å². The Kier molecular flexibility index (Phi) is 27.6. The van der Waals surface area contributed by atoms with E-state index in [9.17, 15) is 9.59 Å². The summed E-state index contributed by atoms with van der Waals surface area (Å²) >= 11 is 0. The fourth-order valence-corrected chi connectivity index (χ4v) is 4.21. The first-order valence-corrected chi connectivity index (χ1v) is 15.6. The number of carboxylic acids is 2. The molecule has 4 atom stereocenters. The van der Waals surface area contributed by atoms with E-state index in [1.807, 2.05) is 6.92 Å². The highest BCUT2D eigenvalue weighted by Crippen LogP contribution is 2.25. The van der Waals surface area contributed by atoms with Crippen LogP contribution in [-0.4, -0.2) is 44.6 Å². The number of aliphatic hydroxyl groups is 2. The van der Waals surface area contributed by atoms with Crippen molar-refractivity contribution in [3.05, 3.63) is 84.4 Å². The van der Waals surface area contributed by atoms with Crippen LogP contribution >= 0.6 is 0 Å². The topological polar surface area (TPSA) is 115 Å². The zero-order chi connectivity index (χ0) is 32.2. The van der Waals surface area contributed by atoms with Crippen molar-refractivity contribution in [1.29, 1.82) is 0 Å². The van der Waals surface area contributed by atoms with Gasteiger partial charge in [-0.25, -0.2) is 9.59 Å². The Hall–Kier alpha value is -2.96. The van der Waals surface area contributed by atoms with Crippen molar-refractivity contribution in [3.8, 4) is 0 Å². The molecule has 0 saturated carbocycles. The number of hydrogen-bond acceptors (Lipinski definition) is 4. The first-order chi connectivity index (χ1) is 20.1. The Bertz CT molecular complexity index is 848.